The van der Waals surface area contributed by atoms with E-state index in [0.717, 1.165) is 19.2 Å². The maximum Gasteiger partial charge on any atom is 0.130 e. The molecule has 0 radical (unpaired) electrons. The lowest BCUT2D eigenvalue weighted by atomic mass is 10.0. The van der Waals surface area contributed by atoms with E-state index in [4.69, 9.17) is 5.73 Å². The average Bonchev–Trinajstić information content (AvgIpc) is 2.12. The minimum absolute atomic E-state index is 0.0367. The van der Waals surface area contributed by atoms with Crippen LogP contribution >= 0.6 is 0 Å². The molecule has 0 aromatic heterocycles. The normalized spacial score (nSPS) is 20.0. The maximum atomic E-state index is 13.4. The molecule has 1 aliphatic rings. The Kier molecular flexibility index (Phi) is 2.71. The SMILES string of the molecule is CC(c1ccc(F)cc1F)N1CC(N)C1. The lowest BCUT2D eigenvalue weighted by Crippen LogP contribution is -2.56. The second kappa shape index (κ2) is 3.87. The summed E-state index contributed by atoms with van der Waals surface area (Å²) in [6.45, 7) is 3.46. The molecule has 1 aromatic rings. The first kappa shape index (κ1) is 10.5. The van der Waals surface area contributed by atoms with Crippen LogP contribution < -0.4 is 5.73 Å². The second-order valence-corrected chi connectivity index (χ2v) is 4.06. The quantitative estimate of drug-likeness (QED) is 0.808. The van der Waals surface area contributed by atoms with Crippen LogP contribution in [0.5, 0.6) is 0 Å². The van der Waals surface area contributed by atoms with Crippen molar-refractivity contribution in [3.8, 4) is 0 Å². The van der Waals surface area contributed by atoms with Gasteiger partial charge in [-0.3, -0.25) is 4.90 Å². The number of nitrogens with two attached hydrogens (primary N) is 1. The Morgan fingerprint density at radius 2 is 2.07 bits per heavy atom. The monoisotopic (exact) mass is 212 g/mol. The molecule has 1 aliphatic heterocycles. The number of hydrogen-bond donors (Lipinski definition) is 1. The topological polar surface area (TPSA) is 29.3 Å². The van der Waals surface area contributed by atoms with E-state index in [1.54, 1.807) is 0 Å². The van der Waals surface area contributed by atoms with Crippen molar-refractivity contribution in [2.24, 2.45) is 5.73 Å². The molecule has 1 saturated heterocycles. The van der Waals surface area contributed by atoms with Crippen molar-refractivity contribution in [1.29, 1.82) is 0 Å². The summed E-state index contributed by atoms with van der Waals surface area (Å²) in [5.74, 6) is -1.02. The lowest BCUT2D eigenvalue weighted by molar-refractivity contribution is 0.101. The highest BCUT2D eigenvalue weighted by Crippen LogP contribution is 2.26. The fraction of sp³-hybridized carbons (Fsp3) is 0.455. The zero-order valence-corrected chi connectivity index (χ0v) is 8.58. The van der Waals surface area contributed by atoms with E-state index in [0.29, 0.717) is 5.56 Å². The van der Waals surface area contributed by atoms with Gasteiger partial charge in [0.2, 0.25) is 0 Å². The number of hydrogen-bond acceptors (Lipinski definition) is 2. The van der Waals surface area contributed by atoms with Crippen LogP contribution in [0.3, 0.4) is 0 Å². The third-order valence-electron chi connectivity index (χ3n) is 2.90. The average molecular weight is 212 g/mol. The number of likely N-dealkylation sites (tertiary alicyclic amines) is 1. The zero-order chi connectivity index (χ0) is 11.0. The van der Waals surface area contributed by atoms with Gasteiger partial charge in [-0.25, -0.2) is 8.78 Å². The van der Waals surface area contributed by atoms with Gasteiger partial charge >= 0.3 is 0 Å². The Hall–Kier alpha value is -1.00. The largest absolute Gasteiger partial charge is 0.325 e. The molecular weight excluding hydrogens is 198 g/mol. The molecule has 2 rings (SSSR count). The van der Waals surface area contributed by atoms with E-state index in [2.05, 4.69) is 4.90 Å². The summed E-state index contributed by atoms with van der Waals surface area (Å²) in [6.07, 6.45) is 0. The first-order valence-electron chi connectivity index (χ1n) is 5.02. The number of halogens is 2. The molecule has 2 N–H and O–H groups in total. The van der Waals surface area contributed by atoms with Crippen LogP contribution in [0.2, 0.25) is 0 Å². The number of nitrogens with zero attached hydrogens (tertiary/aromatic N) is 1. The van der Waals surface area contributed by atoms with Crippen LogP contribution in [-0.4, -0.2) is 24.0 Å². The molecule has 1 aromatic carbocycles. The minimum atomic E-state index is -0.538. The summed E-state index contributed by atoms with van der Waals surface area (Å²) in [4.78, 5) is 2.07. The van der Waals surface area contributed by atoms with E-state index in [9.17, 15) is 8.78 Å². The fourth-order valence-corrected chi connectivity index (χ4v) is 1.90. The Balaban J connectivity index is 2.15. The third kappa shape index (κ3) is 2.01. The van der Waals surface area contributed by atoms with Gasteiger partial charge < -0.3 is 5.73 Å². The van der Waals surface area contributed by atoms with Crippen molar-refractivity contribution in [3.63, 3.8) is 0 Å². The predicted octanol–water partition coefficient (Wildman–Crippen LogP) is 1.67. The predicted molar refractivity (Wildman–Crippen MR) is 54.3 cm³/mol. The van der Waals surface area contributed by atoms with Gasteiger partial charge in [-0.15, -0.1) is 0 Å². The van der Waals surface area contributed by atoms with Crippen LogP contribution in [0.25, 0.3) is 0 Å². The smallest absolute Gasteiger partial charge is 0.130 e. The van der Waals surface area contributed by atoms with Crippen LogP contribution in [0.1, 0.15) is 18.5 Å². The third-order valence-corrected chi connectivity index (χ3v) is 2.90. The Labute approximate surface area is 87.7 Å². The molecule has 1 unspecified atom stereocenters. The van der Waals surface area contributed by atoms with Crippen molar-refractivity contribution in [1.82, 2.24) is 4.90 Å². The van der Waals surface area contributed by atoms with E-state index in [-0.39, 0.29) is 12.1 Å². The molecule has 0 saturated carbocycles. The van der Waals surface area contributed by atoms with Gasteiger partial charge in [-0.2, -0.15) is 0 Å². The van der Waals surface area contributed by atoms with Crippen molar-refractivity contribution in [2.75, 3.05) is 13.1 Å². The van der Waals surface area contributed by atoms with Crippen molar-refractivity contribution in [3.05, 3.63) is 35.4 Å². The highest BCUT2D eigenvalue weighted by Gasteiger charge is 2.29. The highest BCUT2D eigenvalue weighted by atomic mass is 19.1. The molecule has 1 heterocycles. The van der Waals surface area contributed by atoms with Gasteiger partial charge in [0.15, 0.2) is 0 Å². The molecule has 0 amide bonds. The van der Waals surface area contributed by atoms with Crippen LogP contribution in [0.4, 0.5) is 8.78 Å². The van der Waals surface area contributed by atoms with Gasteiger partial charge in [0.1, 0.15) is 11.6 Å². The molecule has 15 heavy (non-hydrogen) atoms. The number of rotatable bonds is 2. The first-order chi connectivity index (χ1) is 7.08. The van der Waals surface area contributed by atoms with Gasteiger partial charge in [0, 0.05) is 36.8 Å². The molecular formula is C11H14F2N2. The summed E-state index contributed by atoms with van der Waals surface area (Å²) < 4.78 is 26.1. The summed E-state index contributed by atoms with van der Waals surface area (Å²) >= 11 is 0. The van der Waals surface area contributed by atoms with E-state index < -0.39 is 11.6 Å². The van der Waals surface area contributed by atoms with Gasteiger partial charge in [-0.05, 0) is 13.0 Å². The van der Waals surface area contributed by atoms with Crippen molar-refractivity contribution < 1.29 is 8.78 Å². The Morgan fingerprint density at radius 3 is 2.60 bits per heavy atom. The number of benzene rings is 1. The first-order valence-corrected chi connectivity index (χ1v) is 5.02. The molecule has 0 spiro atoms. The summed E-state index contributed by atoms with van der Waals surface area (Å²) in [6, 6.07) is 3.86. The van der Waals surface area contributed by atoms with Crippen LogP contribution in [-0.2, 0) is 0 Å². The molecule has 0 aliphatic carbocycles. The van der Waals surface area contributed by atoms with E-state index in [1.807, 2.05) is 6.92 Å². The van der Waals surface area contributed by atoms with E-state index in [1.165, 1.54) is 12.1 Å². The second-order valence-electron chi connectivity index (χ2n) is 4.06. The Bertz CT molecular complexity index is 362. The molecule has 4 heteroatoms. The summed E-state index contributed by atoms with van der Waals surface area (Å²) in [5, 5.41) is 0. The molecule has 1 atom stereocenters. The molecule has 82 valence electrons. The van der Waals surface area contributed by atoms with Gasteiger partial charge in [0.25, 0.3) is 0 Å². The molecule has 2 nitrogen and oxygen atoms in total. The van der Waals surface area contributed by atoms with Crippen LogP contribution in [0, 0.1) is 11.6 Å². The summed E-state index contributed by atoms with van der Waals surface area (Å²) in [7, 11) is 0. The highest BCUT2D eigenvalue weighted by molar-refractivity contribution is 5.22. The van der Waals surface area contributed by atoms with Crippen molar-refractivity contribution >= 4 is 0 Å². The maximum absolute atomic E-state index is 13.4. The zero-order valence-electron chi connectivity index (χ0n) is 8.58. The van der Waals surface area contributed by atoms with Gasteiger partial charge in [0.05, 0.1) is 0 Å². The van der Waals surface area contributed by atoms with Gasteiger partial charge in [-0.1, -0.05) is 6.07 Å². The lowest BCUT2D eigenvalue weighted by Gasteiger charge is -2.41. The van der Waals surface area contributed by atoms with Crippen molar-refractivity contribution in [2.45, 2.75) is 19.0 Å². The fourth-order valence-electron chi connectivity index (χ4n) is 1.90. The minimum Gasteiger partial charge on any atom is -0.325 e. The Morgan fingerprint density at radius 1 is 1.40 bits per heavy atom. The standard InChI is InChI=1S/C11H14F2N2/c1-7(15-5-9(14)6-15)10-3-2-8(12)4-11(10)13/h2-4,7,9H,5-6,14H2,1H3. The molecule has 0 bridgehead atoms. The van der Waals surface area contributed by atoms with E-state index >= 15 is 0 Å². The molecule has 1 fully saturated rings. The summed E-state index contributed by atoms with van der Waals surface area (Å²) in [5.41, 5.74) is 6.18. The van der Waals surface area contributed by atoms with Crippen LogP contribution in [0.15, 0.2) is 18.2 Å².